The molecular formula is C14H18O3. The van der Waals surface area contributed by atoms with E-state index in [1.165, 1.54) is 7.11 Å². The molecule has 3 nitrogen and oxygen atoms in total. The van der Waals surface area contributed by atoms with Crippen molar-refractivity contribution >= 4 is 5.97 Å². The van der Waals surface area contributed by atoms with Crippen molar-refractivity contribution < 1.29 is 14.6 Å². The first-order chi connectivity index (χ1) is 8.16. The van der Waals surface area contributed by atoms with Crippen LogP contribution in [0.1, 0.15) is 31.2 Å². The van der Waals surface area contributed by atoms with Crippen LogP contribution >= 0.6 is 0 Å². The second-order valence-corrected chi connectivity index (χ2v) is 4.66. The molecule has 0 aliphatic heterocycles. The molecule has 1 aromatic carbocycles. The van der Waals surface area contributed by atoms with Crippen LogP contribution in [0, 0.1) is 5.92 Å². The Hall–Kier alpha value is -1.35. The number of rotatable bonds is 3. The number of carbonyl (C=O) groups is 1. The highest BCUT2D eigenvalue weighted by Crippen LogP contribution is 2.45. The van der Waals surface area contributed by atoms with Crippen molar-refractivity contribution in [2.45, 2.75) is 31.3 Å². The van der Waals surface area contributed by atoms with E-state index in [1.54, 1.807) is 0 Å². The summed E-state index contributed by atoms with van der Waals surface area (Å²) < 4.78 is 4.69. The molecule has 1 aromatic rings. The van der Waals surface area contributed by atoms with Gasteiger partial charge in [0.1, 0.15) is 0 Å². The quantitative estimate of drug-likeness (QED) is 0.816. The van der Waals surface area contributed by atoms with Gasteiger partial charge in [-0.1, -0.05) is 30.3 Å². The molecule has 3 heteroatoms. The number of carbonyl (C=O) groups excluding carboxylic acids is 1. The fraction of sp³-hybridized carbons (Fsp3) is 0.500. The Bertz CT molecular complexity index is 388. The number of aliphatic hydroxyl groups is 1. The number of benzene rings is 1. The summed E-state index contributed by atoms with van der Waals surface area (Å²) in [7, 11) is 1.39. The molecule has 2 rings (SSSR count). The number of hydrogen-bond donors (Lipinski definition) is 1. The third kappa shape index (κ3) is 2.34. The summed E-state index contributed by atoms with van der Waals surface area (Å²) in [4.78, 5) is 11.4. The van der Waals surface area contributed by atoms with E-state index in [2.05, 4.69) is 0 Å². The first-order valence-electron chi connectivity index (χ1n) is 6.01. The highest BCUT2D eigenvalue weighted by Gasteiger charge is 2.43. The molecule has 17 heavy (non-hydrogen) atoms. The first-order valence-corrected chi connectivity index (χ1v) is 6.01. The Morgan fingerprint density at radius 1 is 1.47 bits per heavy atom. The maximum atomic E-state index is 11.4. The standard InChI is InChI=1S/C14H18O3/c1-17-13(15)10-12-8-5-9-14(12,16)11-6-3-2-4-7-11/h2-4,6-7,12,16H,5,8-10H2,1H3/t12-,14+/m0/s1. The Labute approximate surface area is 101 Å². The van der Waals surface area contributed by atoms with Gasteiger partial charge < -0.3 is 9.84 Å². The third-order valence-electron chi connectivity index (χ3n) is 3.70. The topological polar surface area (TPSA) is 46.5 Å². The summed E-state index contributed by atoms with van der Waals surface area (Å²) in [5, 5.41) is 10.8. The van der Waals surface area contributed by atoms with Gasteiger partial charge in [-0.25, -0.2) is 0 Å². The van der Waals surface area contributed by atoms with E-state index in [0.29, 0.717) is 6.42 Å². The zero-order valence-corrected chi connectivity index (χ0v) is 10.1. The van der Waals surface area contributed by atoms with E-state index in [-0.39, 0.29) is 11.9 Å². The van der Waals surface area contributed by atoms with E-state index < -0.39 is 5.60 Å². The summed E-state index contributed by atoms with van der Waals surface area (Å²) in [5.41, 5.74) is 0.0431. The minimum absolute atomic E-state index is 0.0302. The fourth-order valence-electron chi connectivity index (χ4n) is 2.72. The molecule has 1 aliphatic carbocycles. The van der Waals surface area contributed by atoms with Crippen molar-refractivity contribution in [3.63, 3.8) is 0 Å². The zero-order chi connectivity index (χ0) is 12.3. The number of methoxy groups -OCH3 is 1. The van der Waals surface area contributed by atoms with Gasteiger partial charge >= 0.3 is 5.97 Å². The van der Waals surface area contributed by atoms with Crippen LogP contribution in [0.25, 0.3) is 0 Å². The van der Waals surface area contributed by atoms with Crippen molar-refractivity contribution in [3.8, 4) is 0 Å². The SMILES string of the molecule is COC(=O)C[C@@H]1CCC[C@@]1(O)c1ccccc1. The average molecular weight is 234 g/mol. The monoisotopic (exact) mass is 234 g/mol. The predicted octanol–water partition coefficient (Wildman–Crippen LogP) is 2.24. The zero-order valence-electron chi connectivity index (χ0n) is 10.1. The van der Waals surface area contributed by atoms with Gasteiger partial charge in [0.25, 0.3) is 0 Å². The number of hydrogen-bond acceptors (Lipinski definition) is 3. The molecule has 92 valence electrons. The van der Waals surface area contributed by atoms with Crippen LogP contribution in [0.5, 0.6) is 0 Å². The minimum atomic E-state index is -0.866. The van der Waals surface area contributed by atoms with Crippen molar-refractivity contribution in [1.82, 2.24) is 0 Å². The summed E-state index contributed by atoms with van der Waals surface area (Å²) in [6.45, 7) is 0. The fourth-order valence-corrected chi connectivity index (χ4v) is 2.72. The van der Waals surface area contributed by atoms with Gasteiger partial charge in [0.15, 0.2) is 0 Å². The molecule has 1 fully saturated rings. The van der Waals surface area contributed by atoms with Gasteiger partial charge in [0, 0.05) is 5.92 Å². The van der Waals surface area contributed by atoms with Crippen LogP contribution in [-0.4, -0.2) is 18.2 Å². The Morgan fingerprint density at radius 3 is 2.82 bits per heavy atom. The van der Waals surface area contributed by atoms with Crippen LogP contribution in [0.2, 0.25) is 0 Å². The van der Waals surface area contributed by atoms with E-state index in [0.717, 1.165) is 24.8 Å². The molecular weight excluding hydrogens is 216 g/mol. The molecule has 0 heterocycles. The van der Waals surface area contributed by atoms with Crippen LogP contribution in [-0.2, 0) is 15.1 Å². The van der Waals surface area contributed by atoms with Gasteiger partial charge in [0.2, 0.25) is 0 Å². The van der Waals surface area contributed by atoms with Crippen molar-refractivity contribution in [2.24, 2.45) is 5.92 Å². The van der Waals surface area contributed by atoms with Crippen molar-refractivity contribution in [3.05, 3.63) is 35.9 Å². The summed E-state index contributed by atoms with van der Waals surface area (Å²) in [6, 6.07) is 9.62. The second-order valence-electron chi connectivity index (χ2n) is 4.66. The Kier molecular flexibility index (Phi) is 3.48. The molecule has 1 aliphatic rings. The van der Waals surface area contributed by atoms with Gasteiger partial charge in [-0.3, -0.25) is 4.79 Å². The smallest absolute Gasteiger partial charge is 0.305 e. The predicted molar refractivity (Wildman–Crippen MR) is 64.3 cm³/mol. The van der Waals surface area contributed by atoms with E-state index in [9.17, 15) is 9.90 Å². The lowest BCUT2D eigenvalue weighted by atomic mass is 9.82. The third-order valence-corrected chi connectivity index (χ3v) is 3.70. The molecule has 0 unspecified atom stereocenters. The first kappa shape index (κ1) is 12.1. The average Bonchev–Trinajstić information content (AvgIpc) is 2.73. The largest absolute Gasteiger partial charge is 0.469 e. The van der Waals surface area contributed by atoms with Gasteiger partial charge in [-0.05, 0) is 24.8 Å². The van der Waals surface area contributed by atoms with Gasteiger partial charge in [0.05, 0.1) is 19.1 Å². The molecule has 0 bridgehead atoms. The van der Waals surface area contributed by atoms with Crippen LogP contribution < -0.4 is 0 Å². The van der Waals surface area contributed by atoms with E-state index >= 15 is 0 Å². The van der Waals surface area contributed by atoms with Gasteiger partial charge in [-0.2, -0.15) is 0 Å². The molecule has 1 N–H and O–H groups in total. The van der Waals surface area contributed by atoms with Crippen LogP contribution in [0.3, 0.4) is 0 Å². The minimum Gasteiger partial charge on any atom is -0.469 e. The lowest BCUT2D eigenvalue weighted by molar-refractivity contribution is -0.144. The maximum Gasteiger partial charge on any atom is 0.305 e. The Morgan fingerprint density at radius 2 is 2.18 bits per heavy atom. The molecule has 1 saturated carbocycles. The highest BCUT2D eigenvalue weighted by atomic mass is 16.5. The lowest BCUT2D eigenvalue weighted by Gasteiger charge is -2.30. The number of esters is 1. The lowest BCUT2D eigenvalue weighted by Crippen LogP contribution is -2.31. The van der Waals surface area contributed by atoms with Crippen molar-refractivity contribution in [1.29, 1.82) is 0 Å². The molecule has 0 amide bonds. The molecule has 2 atom stereocenters. The molecule has 0 spiro atoms. The maximum absolute atomic E-state index is 11.4. The second kappa shape index (κ2) is 4.88. The Balaban J connectivity index is 2.20. The van der Waals surface area contributed by atoms with Crippen LogP contribution in [0.4, 0.5) is 0 Å². The summed E-state index contributed by atoms with van der Waals surface area (Å²) >= 11 is 0. The number of ether oxygens (including phenoxy) is 1. The van der Waals surface area contributed by atoms with Gasteiger partial charge in [-0.15, -0.1) is 0 Å². The highest BCUT2D eigenvalue weighted by molar-refractivity contribution is 5.69. The summed E-state index contributed by atoms with van der Waals surface area (Å²) in [5.74, 6) is -0.274. The normalized spacial score (nSPS) is 28.0. The summed E-state index contributed by atoms with van der Waals surface area (Å²) in [6.07, 6.45) is 2.84. The van der Waals surface area contributed by atoms with Crippen molar-refractivity contribution in [2.75, 3.05) is 7.11 Å². The molecule has 0 saturated heterocycles. The molecule has 0 radical (unpaired) electrons. The van der Waals surface area contributed by atoms with E-state index in [4.69, 9.17) is 4.74 Å². The van der Waals surface area contributed by atoms with Crippen LogP contribution in [0.15, 0.2) is 30.3 Å². The molecule has 0 aromatic heterocycles. The van der Waals surface area contributed by atoms with E-state index in [1.807, 2.05) is 30.3 Å².